The first-order valence-corrected chi connectivity index (χ1v) is 10.1. The van der Waals surface area contributed by atoms with Gasteiger partial charge in [-0.1, -0.05) is 60.7 Å². The fraction of sp³-hybridized carbons (Fsp3) is 0.200. The number of rotatable bonds is 7. The van der Waals surface area contributed by atoms with E-state index < -0.39 is 0 Å². The molecule has 1 amide bonds. The molecule has 1 unspecified atom stereocenters. The summed E-state index contributed by atoms with van der Waals surface area (Å²) in [6.07, 6.45) is 0.606. The highest BCUT2D eigenvalue weighted by molar-refractivity contribution is 6.03. The number of carbonyl (C=O) groups excluding carboxylic acids is 1. The average molecular weight is 416 g/mol. The number of ether oxygens (including phenoxy) is 2. The van der Waals surface area contributed by atoms with Gasteiger partial charge in [-0.25, -0.2) is 5.01 Å². The Kier molecular flexibility index (Phi) is 6.29. The Morgan fingerprint density at radius 3 is 2.45 bits per heavy atom. The Morgan fingerprint density at radius 1 is 1.03 bits per heavy atom. The SMILES string of the molecule is COc1ccc(C2CC(c3ccccc3)=NN2C(=O)COc2ccccc2CO)cc1. The molecule has 0 bridgehead atoms. The topological polar surface area (TPSA) is 71.4 Å². The molecule has 0 aromatic heterocycles. The molecule has 1 aliphatic heterocycles. The second-order valence-electron chi connectivity index (χ2n) is 7.20. The maximum absolute atomic E-state index is 13.1. The highest BCUT2D eigenvalue weighted by atomic mass is 16.5. The summed E-state index contributed by atoms with van der Waals surface area (Å²) in [7, 11) is 1.62. The van der Waals surface area contributed by atoms with Crippen molar-refractivity contribution in [3.63, 3.8) is 0 Å². The molecular formula is C25H24N2O4. The first-order valence-electron chi connectivity index (χ1n) is 10.1. The average Bonchev–Trinajstić information content (AvgIpc) is 3.29. The molecule has 1 heterocycles. The van der Waals surface area contributed by atoms with Crippen molar-refractivity contribution in [1.29, 1.82) is 0 Å². The molecule has 1 aliphatic rings. The number of hydrogen-bond donors (Lipinski definition) is 1. The van der Waals surface area contributed by atoms with Gasteiger partial charge in [0.05, 0.1) is 25.5 Å². The normalized spacial score (nSPS) is 15.5. The number of carbonyl (C=O) groups is 1. The van der Waals surface area contributed by atoms with Crippen LogP contribution in [0.1, 0.15) is 29.2 Å². The lowest BCUT2D eigenvalue weighted by Crippen LogP contribution is -2.31. The molecule has 0 fully saturated rings. The predicted octanol–water partition coefficient (Wildman–Crippen LogP) is 3.94. The first kappa shape index (κ1) is 20.6. The van der Waals surface area contributed by atoms with Gasteiger partial charge in [-0.15, -0.1) is 0 Å². The van der Waals surface area contributed by atoms with Gasteiger partial charge in [0.1, 0.15) is 11.5 Å². The molecule has 0 saturated carbocycles. The largest absolute Gasteiger partial charge is 0.497 e. The molecule has 31 heavy (non-hydrogen) atoms. The molecule has 0 spiro atoms. The lowest BCUT2D eigenvalue weighted by Gasteiger charge is -2.22. The fourth-order valence-electron chi connectivity index (χ4n) is 3.61. The van der Waals surface area contributed by atoms with Crippen LogP contribution < -0.4 is 9.47 Å². The van der Waals surface area contributed by atoms with Crippen molar-refractivity contribution in [2.24, 2.45) is 5.10 Å². The van der Waals surface area contributed by atoms with Gasteiger partial charge >= 0.3 is 0 Å². The van der Waals surface area contributed by atoms with Crippen LogP contribution in [0.4, 0.5) is 0 Å². The summed E-state index contributed by atoms with van der Waals surface area (Å²) >= 11 is 0. The minimum Gasteiger partial charge on any atom is -0.497 e. The number of nitrogens with zero attached hydrogens (tertiary/aromatic N) is 2. The molecular weight excluding hydrogens is 392 g/mol. The third kappa shape index (κ3) is 4.59. The highest BCUT2D eigenvalue weighted by Gasteiger charge is 2.33. The molecule has 3 aromatic rings. The zero-order valence-electron chi connectivity index (χ0n) is 17.3. The van der Waals surface area contributed by atoms with E-state index in [1.54, 1.807) is 25.3 Å². The third-order valence-corrected chi connectivity index (χ3v) is 5.27. The first-order chi connectivity index (χ1) is 15.2. The number of hydrogen-bond acceptors (Lipinski definition) is 5. The van der Waals surface area contributed by atoms with E-state index in [9.17, 15) is 9.90 Å². The zero-order valence-corrected chi connectivity index (χ0v) is 17.3. The Hall–Kier alpha value is -3.64. The fourth-order valence-corrected chi connectivity index (χ4v) is 3.61. The van der Waals surface area contributed by atoms with E-state index in [2.05, 4.69) is 5.10 Å². The van der Waals surface area contributed by atoms with Gasteiger partial charge in [-0.3, -0.25) is 4.79 Å². The summed E-state index contributed by atoms with van der Waals surface area (Å²) in [4.78, 5) is 13.1. The van der Waals surface area contributed by atoms with E-state index >= 15 is 0 Å². The van der Waals surface area contributed by atoms with Crippen molar-refractivity contribution in [1.82, 2.24) is 5.01 Å². The van der Waals surface area contributed by atoms with E-state index in [0.29, 0.717) is 17.7 Å². The van der Waals surface area contributed by atoms with Crippen LogP contribution >= 0.6 is 0 Å². The van der Waals surface area contributed by atoms with Gasteiger partial charge in [-0.05, 0) is 29.3 Å². The van der Waals surface area contributed by atoms with E-state index in [1.165, 1.54) is 5.01 Å². The predicted molar refractivity (Wildman–Crippen MR) is 118 cm³/mol. The highest BCUT2D eigenvalue weighted by Crippen LogP contribution is 2.33. The van der Waals surface area contributed by atoms with Crippen LogP contribution in [0.25, 0.3) is 0 Å². The minimum atomic E-state index is -0.250. The van der Waals surface area contributed by atoms with Crippen LogP contribution in [0.15, 0.2) is 84.0 Å². The molecule has 3 aromatic carbocycles. The van der Waals surface area contributed by atoms with Crippen molar-refractivity contribution < 1.29 is 19.4 Å². The number of amides is 1. The van der Waals surface area contributed by atoms with E-state index in [4.69, 9.17) is 9.47 Å². The molecule has 158 valence electrons. The van der Waals surface area contributed by atoms with Crippen LogP contribution in [-0.4, -0.2) is 35.5 Å². The van der Waals surface area contributed by atoms with Gasteiger partial charge in [0.2, 0.25) is 0 Å². The van der Waals surface area contributed by atoms with Crippen molar-refractivity contribution >= 4 is 11.6 Å². The Balaban J connectivity index is 1.58. The summed E-state index contributed by atoms with van der Waals surface area (Å²) in [6.45, 7) is -0.325. The van der Waals surface area contributed by atoms with Crippen molar-refractivity contribution in [3.8, 4) is 11.5 Å². The third-order valence-electron chi connectivity index (χ3n) is 5.27. The zero-order chi connectivity index (χ0) is 21.6. The van der Waals surface area contributed by atoms with Crippen molar-refractivity contribution in [2.45, 2.75) is 19.1 Å². The number of hydrazone groups is 1. The Morgan fingerprint density at radius 2 is 1.74 bits per heavy atom. The number of methoxy groups -OCH3 is 1. The lowest BCUT2D eigenvalue weighted by atomic mass is 9.98. The van der Waals surface area contributed by atoms with Gasteiger partial charge < -0.3 is 14.6 Å². The minimum absolute atomic E-state index is 0.154. The Bertz CT molecular complexity index is 1060. The Labute approximate surface area is 181 Å². The van der Waals surface area contributed by atoms with E-state index in [-0.39, 0.29) is 25.2 Å². The molecule has 0 saturated heterocycles. The summed E-state index contributed by atoms with van der Waals surface area (Å²) in [5.41, 5.74) is 3.45. The molecule has 0 radical (unpaired) electrons. The van der Waals surface area contributed by atoms with Crippen LogP contribution in [-0.2, 0) is 11.4 Å². The number of para-hydroxylation sites is 1. The molecule has 1 N–H and O–H groups in total. The summed E-state index contributed by atoms with van der Waals surface area (Å²) in [5, 5.41) is 15.6. The van der Waals surface area contributed by atoms with Crippen molar-refractivity contribution in [3.05, 3.63) is 95.6 Å². The molecule has 0 aliphatic carbocycles. The molecule has 4 rings (SSSR count). The molecule has 6 nitrogen and oxygen atoms in total. The number of aliphatic hydroxyl groups is 1. The van der Waals surface area contributed by atoms with Crippen molar-refractivity contribution in [2.75, 3.05) is 13.7 Å². The summed E-state index contributed by atoms with van der Waals surface area (Å²) in [5.74, 6) is 0.998. The van der Waals surface area contributed by atoms with Crippen LogP contribution in [0.2, 0.25) is 0 Å². The second kappa shape index (κ2) is 9.45. The van der Waals surface area contributed by atoms with Gasteiger partial charge in [0.25, 0.3) is 5.91 Å². The second-order valence-corrected chi connectivity index (χ2v) is 7.20. The molecule has 1 atom stereocenters. The van der Waals surface area contributed by atoms with Gasteiger partial charge in [0.15, 0.2) is 6.61 Å². The molecule has 6 heteroatoms. The summed E-state index contributed by atoms with van der Waals surface area (Å²) in [6, 6.07) is 24.4. The van der Waals surface area contributed by atoms with Crippen LogP contribution in [0, 0.1) is 0 Å². The number of benzene rings is 3. The van der Waals surface area contributed by atoms with E-state index in [1.807, 2.05) is 60.7 Å². The van der Waals surface area contributed by atoms with Crippen LogP contribution in [0.5, 0.6) is 11.5 Å². The number of aliphatic hydroxyl groups excluding tert-OH is 1. The smallest absolute Gasteiger partial charge is 0.281 e. The standard InChI is InChI=1S/C25H24N2O4/c1-30-21-13-11-19(12-14-21)23-15-22(18-7-3-2-4-8-18)26-27(23)25(29)17-31-24-10-6-5-9-20(24)16-28/h2-14,23,28H,15-17H2,1H3. The quantitative estimate of drug-likeness (QED) is 0.633. The maximum Gasteiger partial charge on any atom is 0.281 e. The lowest BCUT2D eigenvalue weighted by molar-refractivity contribution is -0.135. The summed E-state index contributed by atoms with van der Waals surface area (Å²) < 4.78 is 11.0. The monoisotopic (exact) mass is 416 g/mol. The van der Waals surface area contributed by atoms with E-state index in [0.717, 1.165) is 22.6 Å². The maximum atomic E-state index is 13.1. The van der Waals surface area contributed by atoms with Gasteiger partial charge in [0, 0.05) is 12.0 Å². The van der Waals surface area contributed by atoms with Crippen LogP contribution in [0.3, 0.4) is 0 Å². The van der Waals surface area contributed by atoms with Gasteiger partial charge in [-0.2, -0.15) is 5.10 Å².